The van der Waals surface area contributed by atoms with Crippen molar-refractivity contribution < 1.29 is 29.0 Å². The SMILES string of the molecule is C[C@]12CC[C@H]3[C@@H](CCC4=CC(=O)CC[C@@]43C)[C@@H]1CC[C@@H]2OC(=O)CCC(=O)N1CCC[C@H]1C(=O)O. The van der Waals surface area contributed by atoms with Gasteiger partial charge >= 0.3 is 11.9 Å². The highest BCUT2D eigenvalue weighted by molar-refractivity contribution is 5.91. The molecule has 0 aromatic rings. The number of esters is 1. The van der Waals surface area contributed by atoms with Gasteiger partial charge in [-0.05, 0) is 87.0 Å². The molecule has 4 fully saturated rings. The van der Waals surface area contributed by atoms with Crippen molar-refractivity contribution >= 4 is 23.6 Å². The number of fused-ring (bicyclic) bond motifs is 5. The average Bonchev–Trinajstić information content (AvgIpc) is 3.43. The fourth-order valence-corrected chi connectivity index (χ4v) is 8.60. The molecule has 1 heterocycles. The van der Waals surface area contributed by atoms with E-state index in [1.807, 2.05) is 6.08 Å². The van der Waals surface area contributed by atoms with Crippen molar-refractivity contribution in [3.05, 3.63) is 11.6 Å². The first-order valence-electron chi connectivity index (χ1n) is 13.6. The van der Waals surface area contributed by atoms with E-state index in [1.54, 1.807) is 0 Å². The molecule has 7 atom stereocenters. The molecule has 7 nitrogen and oxygen atoms in total. The highest BCUT2D eigenvalue weighted by Crippen LogP contribution is 2.65. The van der Waals surface area contributed by atoms with Crippen LogP contribution in [0.4, 0.5) is 0 Å². The van der Waals surface area contributed by atoms with E-state index in [-0.39, 0.29) is 47.4 Å². The van der Waals surface area contributed by atoms with Crippen molar-refractivity contribution in [1.29, 1.82) is 0 Å². The summed E-state index contributed by atoms with van der Waals surface area (Å²) in [6.45, 7) is 5.12. The van der Waals surface area contributed by atoms with E-state index in [0.29, 0.717) is 43.6 Å². The minimum absolute atomic E-state index is 0.00519. The predicted molar refractivity (Wildman–Crippen MR) is 128 cm³/mol. The van der Waals surface area contributed by atoms with E-state index < -0.39 is 12.0 Å². The number of ether oxygens (including phenoxy) is 1. The molecule has 192 valence electrons. The van der Waals surface area contributed by atoms with E-state index in [9.17, 15) is 24.3 Å². The normalized spacial score (nSPS) is 40.4. The van der Waals surface area contributed by atoms with Gasteiger partial charge in [0.05, 0.1) is 6.42 Å². The molecule has 5 rings (SSSR count). The van der Waals surface area contributed by atoms with E-state index in [1.165, 1.54) is 10.5 Å². The first kappa shape index (κ1) is 24.5. The van der Waals surface area contributed by atoms with Crippen molar-refractivity contribution in [2.24, 2.45) is 28.6 Å². The van der Waals surface area contributed by atoms with Crippen LogP contribution >= 0.6 is 0 Å². The molecule has 0 bridgehead atoms. The zero-order valence-electron chi connectivity index (χ0n) is 21.1. The third-order valence-electron chi connectivity index (χ3n) is 10.5. The highest BCUT2D eigenvalue weighted by atomic mass is 16.5. The Labute approximate surface area is 207 Å². The van der Waals surface area contributed by atoms with Crippen molar-refractivity contribution in [3.63, 3.8) is 0 Å². The number of hydrogen-bond donors (Lipinski definition) is 1. The molecule has 1 aliphatic heterocycles. The lowest BCUT2D eigenvalue weighted by Gasteiger charge is -2.57. The number of aliphatic carboxylic acids is 1. The summed E-state index contributed by atoms with van der Waals surface area (Å²) < 4.78 is 6.01. The second kappa shape index (κ2) is 9.04. The molecule has 1 N–H and O–H groups in total. The quantitative estimate of drug-likeness (QED) is 0.583. The maximum atomic E-state index is 12.8. The number of rotatable bonds is 5. The highest BCUT2D eigenvalue weighted by Gasteiger charge is 2.60. The lowest BCUT2D eigenvalue weighted by atomic mass is 9.47. The third kappa shape index (κ3) is 4.13. The van der Waals surface area contributed by atoms with Crippen LogP contribution in [0.5, 0.6) is 0 Å². The van der Waals surface area contributed by atoms with Crippen LogP contribution in [0, 0.1) is 28.6 Å². The predicted octanol–water partition coefficient (Wildman–Crippen LogP) is 4.29. The Bertz CT molecular complexity index is 957. The first-order chi connectivity index (χ1) is 16.6. The van der Waals surface area contributed by atoms with Crippen LogP contribution in [-0.2, 0) is 23.9 Å². The number of ketones is 1. The van der Waals surface area contributed by atoms with Gasteiger partial charge in [0.15, 0.2) is 5.78 Å². The monoisotopic (exact) mass is 485 g/mol. The second-order valence-corrected chi connectivity index (χ2v) is 12.2. The van der Waals surface area contributed by atoms with Crippen molar-refractivity contribution in [2.75, 3.05) is 6.54 Å². The van der Waals surface area contributed by atoms with Gasteiger partial charge in [0.1, 0.15) is 12.1 Å². The molecule has 1 saturated heterocycles. The van der Waals surface area contributed by atoms with Gasteiger partial charge in [-0.3, -0.25) is 14.4 Å². The van der Waals surface area contributed by atoms with Crippen molar-refractivity contribution in [3.8, 4) is 0 Å². The van der Waals surface area contributed by atoms with Crippen LogP contribution in [0.15, 0.2) is 11.6 Å². The molecular formula is C28H39NO6. The Morgan fingerprint density at radius 2 is 1.83 bits per heavy atom. The minimum Gasteiger partial charge on any atom is -0.480 e. The number of nitrogens with zero attached hydrogens (tertiary/aromatic N) is 1. The topological polar surface area (TPSA) is 101 Å². The number of carboxylic acids is 1. The summed E-state index contributed by atoms with van der Waals surface area (Å²) in [5, 5.41) is 9.31. The van der Waals surface area contributed by atoms with Gasteiger partial charge in [-0.25, -0.2) is 4.79 Å². The Hall–Kier alpha value is -2.18. The fourth-order valence-electron chi connectivity index (χ4n) is 8.60. The standard InChI is InChI=1S/C28H39NO6/c1-27-13-11-18(30)16-17(27)5-6-19-20-7-8-23(28(20,2)14-12-21(19)27)35-25(32)10-9-24(31)29-15-3-4-22(29)26(33)34/h16,19-23H,3-15H2,1-2H3,(H,33,34)/t19-,20-,21-,22-,23-,27-,28-/m0/s1. The third-order valence-corrected chi connectivity index (χ3v) is 10.5. The number of amides is 1. The maximum Gasteiger partial charge on any atom is 0.326 e. The lowest BCUT2D eigenvalue weighted by Crippen LogP contribution is -2.51. The number of carbonyl (C=O) groups is 4. The summed E-state index contributed by atoms with van der Waals surface area (Å²) >= 11 is 0. The van der Waals surface area contributed by atoms with Crippen LogP contribution in [0.25, 0.3) is 0 Å². The Kier molecular flexibility index (Phi) is 6.33. The van der Waals surface area contributed by atoms with Gasteiger partial charge in [-0.1, -0.05) is 19.4 Å². The summed E-state index contributed by atoms with van der Waals surface area (Å²) in [5.41, 5.74) is 1.47. The average molecular weight is 486 g/mol. The molecule has 7 heteroatoms. The molecular weight excluding hydrogens is 446 g/mol. The zero-order chi connectivity index (χ0) is 25.0. The largest absolute Gasteiger partial charge is 0.480 e. The fraction of sp³-hybridized carbons (Fsp3) is 0.786. The Morgan fingerprint density at radius 3 is 2.60 bits per heavy atom. The molecule has 0 aromatic carbocycles. The maximum absolute atomic E-state index is 12.8. The van der Waals surface area contributed by atoms with Crippen LogP contribution in [0.3, 0.4) is 0 Å². The molecule has 0 spiro atoms. The number of hydrogen-bond acceptors (Lipinski definition) is 5. The first-order valence-corrected chi connectivity index (χ1v) is 13.6. The molecule has 4 aliphatic carbocycles. The lowest BCUT2D eigenvalue weighted by molar-refractivity contribution is -0.161. The summed E-state index contributed by atoms with van der Waals surface area (Å²) in [7, 11) is 0. The molecule has 0 unspecified atom stereocenters. The van der Waals surface area contributed by atoms with E-state index in [2.05, 4.69) is 13.8 Å². The molecule has 3 saturated carbocycles. The molecule has 1 amide bonds. The summed E-state index contributed by atoms with van der Waals surface area (Å²) in [6, 6.07) is -0.766. The van der Waals surface area contributed by atoms with Gasteiger partial charge < -0.3 is 14.7 Å². The summed E-state index contributed by atoms with van der Waals surface area (Å²) in [6.07, 6.45) is 10.8. The molecule has 0 radical (unpaired) electrons. The van der Waals surface area contributed by atoms with E-state index >= 15 is 0 Å². The minimum atomic E-state index is -0.974. The Balaban J connectivity index is 1.20. The van der Waals surface area contributed by atoms with E-state index in [0.717, 1.165) is 44.9 Å². The molecule has 0 aromatic heterocycles. The van der Waals surface area contributed by atoms with Gasteiger partial charge in [0.2, 0.25) is 5.91 Å². The van der Waals surface area contributed by atoms with Crippen molar-refractivity contribution in [2.45, 2.75) is 103 Å². The number of likely N-dealkylation sites (tertiary alicyclic amines) is 1. The number of carboxylic acid groups (broad SMARTS) is 1. The number of carbonyl (C=O) groups excluding carboxylic acids is 3. The summed E-state index contributed by atoms with van der Waals surface area (Å²) in [5.74, 6) is 0.431. The molecule has 5 aliphatic rings. The van der Waals surface area contributed by atoms with Gasteiger partial charge in [-0.2, -0.15) is 0 Å². The zero-order valence-corrected chi connectivity index (χ0v) is 21.1. The van der Waals surface area contributed by atoms with Crippen LogP contribution < -0.4 is 0 Å². The van der Waals surface area contributed by atoms with Crippen LogP contribution in [0.2, 0.25) is 0 Å². The Morgan fingerprint density at radius 1 is 1.03 bits per heavy atom. The van der Waals surface area contributed by atoms with Crippen LogP contribution in [-0.4, -0.2) is 52.3 Å². The van der Waals surface area contributed by atoms with Gasteiger partial charge in [-0.15, -0.1) is 0 Å². The van der Waals surface area contributed by atoms with Gasteiger partial charge in [0, 0.05) is 24.8 Å². The molecule has 35 heavy (non-hydrogen) atoms. The smallest absolute Gasteiger partial charge is 0.326 e. The van der Waals surface area contributed by atoms with Gasteiger partial charge in [0.25, 0.3) is 0 Å². The second-order valence-electron chi connectivity index (χ2n) is 12.2. The van der Waals surface area contributed by atoms with E-state index in [4.69, 9.17) is 4.74 Å². The number of allylic oxidation sites excluding steroid dienone is 1. The summed E-state index contributed by atoms with van der Waals surface area (Å²) in [4.78, 5) is 50.1. The van der Waals surface area contributed by atoms with Crippen molar-refractivity contribution in [1.82, 2.24) is 4.90 Å². The van der Waals surface area contributed by atoms with Crippen LogP contribution in [0.1, 0.15) is 90.9 Å².